The SMILES string of the molecule is O=C1CC(c2ccc3ccccc3c2)N=C2N(Cc3ccc4c(c3)OCO4)C/C(=C/c3ccccc3)N12. The fourth-order valence-corrected chi connectivity index (χ4v) is 5.31. The van der Waals surface area contributed by atoms with Gasteiger partial charge in [-0.15, -0.1) is 0 Å². The van der Waals surface area contributed by atoms with E-state index < -0.39 is 0 Å². The van der Waals surface area contributed by atoms with Gasteiger partial charge in [0.05, 0.1) is 19.0 Å². The van der Waals surface area contributed by atoms with Crippen LogP contribution < -0.4 is 9.47 Å². The van der Waals surface area contributed by atoms with E-state index in [0.717, 1.165) is 39.3 Å². The molecular weight excluding hydrogens is 462 g/mol. The van der Waals surface area contributed by atoms with E-state index in [1.807, 2.05) is 48.5 Å². The maximum atomic E-state index is 13.6. The summed E-state index contributed by atoms with van der Waals surface area (Å²) in [6, 6.07) is 30.5. The van der Waals surface area contributed by atoms with Crippen LogP contribution in [0.4, 0.5) is 0 Å². The molecule has 1 atom stereocenters. The summed E-state index contributed by atoms with van der Waals surface area (Å²) in [6.07, 6.45) is 2.43. The molecule has 1 saturated heterocycles. The summed E-state index contributed by atoms with van der Waals surface area (Å²) in [5.74, 6) is 2.29. The van der Waals surface area contributed by atoms with Crippen molar-refractivity contribution in [2.24, 2.45) is 4.99 Å². The molecule has 1 amide bonds. The van der Waals surface area contributed by atoms with E-state index in [1.165, 1.54) is 5.39 Å². The van der Waals surface area contributed by atoms with Crippen LogP contribution in [0.25, 0.3) is 16.8 Å². The van der Waals surface area contributed by atoms with Crippen molar-refractivity contribution in [2.45, 2.75) is 19.0 Å². The molecule has 4 aromatic carbocycles. The summed E-state index contributed by atoms with van der Waals surface area (Å²) in [7, 11) is 0. The molecule has 4 aromatic rings. The molecule has 3 aliphatic rings. The van der Waals surface area contributed by atoms with Crippen molar-refractivity contribution in [3.05, 3.63) is 113 Å². The number of ether oxygens (including phenoxy) is 2. The Kier molecular flexibility index (Phi) is 5.17. The summed E-state index contributed by atoms with van der Waals surface area (Å²) < 4.78 is 11.1. The highest BCUT2D eigenvalue weighted by Gasteiger charge is 2.40. The second-order valence-corrected chi connectivity index (χ2v) is 9.57. The van der Waals surface area contributed by atoms with Crippen LogP contribution in [0.5, 0.6) is 11.5 Å². The van der Waals surface area contributed by atoms with Gasteiger partial charge >= 0.3 is 0 Å². The molecule has 3 heterocycles. The summed E-state index contributed by atoms with van der Waals surface area (Å²) in [4.78, 5) is 22.8. The molecule has 7 rings (SSSR count). The number of carbonyl (C=O) groups excluding carboxylic acids is 1. The second kappa shape index (κ2) is 8.82. The van der Waals surface area contributed by atoms with Crippen LogP contribution in [0, 0.1) is 0 Å². The van der Waals surface area contributed by atoms with Crippen molar-refractivity contribution in [3.63, 3.8) is 0 Å². The number of fused-ring (bicyclic) bond motifs is 3. The van der Waals surface area contributed by atoms with Gasteiger partial charge in [0, 0.05) is 12.2 Å². The Balaban J connectivity index is 1.27. The quantitative estimate of drug-likeness (QED) is 0.368. The molecule has 0 bridgehead atoms. The molecule has 37 heavy (non-hydrogen) atoms. The fraction of sp³-hybridized carbons (Fsp3) is 0.161. The number of benzene rings is 4. The van der Waals surface area contributed by atoms with Gasteiger partial charge in [-0.3, -0.25) is 9.69 Å². The average molecular weight is 488 g/mol. The number of hydrogen-bond donors (Lipinski definition) is 0. The van der Waals surface area contributed by atoms with E-state index >= 15 is 0 Å². The van der Waals surface area contributed by atoms with Gasteiger partial charge in [-0.05, 0) is 51.7 Å². The van der Waals surface area contributed by atoms with Crippen LogP contribution in [0.15, 0.2) is 102 Å². The summed E-state index contributed by atoms with van der Waals surface area (Å²) in [5, 5.41) is 2.34. The molecule has 182 valence electrons. The molecule has 3 aliphatic heterocycles. The van der Waals surface area contributed by atoms with Crippen molar-refractivity contribution in [1.82, 2.24) is 9.80 Å². The van der Waals surface area contributed by atoms with E-state index in [9.17, 15) is 4.79 Å². The normalized spacial score (nSPS) is 19.5. The number of nitrogens with zero attached hydrogens (tertiary/aromatic N) is 3. The molecule has 0 aliphatic carbocycles. The fourth-order valence-electron chi connectivity index (χ4n) is 5.31. The summed E-state index contributed by atoms with van der Waals surface area (Å²) >= 11 is 0. The van der Waals surface area contributed by atoms with Gasteiger partial charge in [-0.1, -0.05) is 72.8 Å². The first-order chi connectivity index (χ1) is 18.2. The van der Waals surface area contributed by atoms with Crippen LogP contribution in [-0.2, 0) is 11.3 Å². The Hall–Kier alpha value is -4.58. The van der Waals surface area contributed by atoms with Crippen LogP contribution in [0.2, 0.25) is 0 Å². The molecule has 0 saturated carbocycles. The zero-order valence-electron chi connectivity index (χ0n) is 20.2. The van der Waals surface area contributed by atoms with Crippen molar-refractivity contribution in [1.29, 1.82) is 0 Å². The third-order valence-corrected chi connectivity index (χ3v) is 7.11. The second-order valence-electron chi connectivity index (χ2n) is 9.57. The van der Waals surface area contributed by atoms with Crippen LogP contribution >= 0.6 is 0 Å². The lowest BCUT2D eigenvalue weighted by Gasteiger charge is -2.29. The largest absolute Gasteiger partial charge is 0.454 e. The van der Waals surface area contributed by atoms with Crippen molar-refractivity contribution >= 4 is 28.7 Å². The highest BCUT2D eigenvalue weighted by Crippen LogP contribution is 2.37. The number of carbonyl (C=O) groups is 1. The molecule has 0 aromatic heterocycles. The molecule has 1 fully saturated rings. The number of rotatable bonds is 4. The highest BCUT2D eigenvalue weighted by atomic mass is 16.7. The average Bonchev–Trinajstić information content (AvgIpc) is 3.53. The molecule has 0 spiro atoms. The van der Waals surface area contributed by atoms with Crippen molar-refractivity contribution in [3.8, 4) is 11.5 Å². The van der Waals surface area contributed by atoms with Crippen molar-refractivity contribution < 1.29 is 14.3 Å². The van der Waals surface area contributed by atoms with E-state index in [2.05, 4.69) is 53.4 Å². The topological polar surface area (TPSA) is 54.4 Å². The lowest BCUT2D eigenvalue weighted by molar-refractivity contribution is -0.126. The third kappa shape index (κ3) is 4.00. The maximum absolute atomic E-state index is 13.6. The number of aliphatic imine (C=N–C) groups is 1. The highest BCUT2D eigenvalue weighted by molar-refractivity contribution is 6.04. The predicted octanol–water partition coefficient (Wildman–Crippen LogP) is 5.75. The standard InChI is InChI=1S/C31H25N3O3/c35-30-17-27(25-12-11-23-8-4-5-9-24(23)16-25)32-31-33(18-22-10-13-28-29(15-22)37-20-36-28)19-26(34(30)31)14-21-6-2-1-3-7-21/h1-16,27H,17-20H2/b26-14-. The molecule has 6 nitrogen and oxygen atoms in total. The van der Waals surface area contributed by atoms with Crippen LogP contribution in [-0.4, -0.2) is 35.0 Å². The molecule has 6 heteroatoms. The molecule has 0 N–H and O–H groups in total. The third-order valence-electron chi connectivity index (χ3n) is 7.11. The van der Waals surface area contributed by atoms with Gasteiger partial charge in [0.15, 0.2) is 11.5 Å². The number of hydrogen-bond acceptors (Lipinski definition) is 5. The first-order valence-corrected chi connectivity index (χ1v) is 12.5. The van der Waals surface area contributed by atoms with Crippen molar-refractivity contribution in [2.75, 3.05) is 13.3 Å². The monoisotopic (exact) mass is 487 g/mol. The Labute approximate surface area is 215 Å². The Morgan fingerprint density at radius 3 is 2.57 bits per heavy atom. The number of amides is 1. The zero-order valence-corrected chi connectivity index (χ0v) is 20.2. The minimum Gasteiger partial charge on any atom is -0.454 e. The number of guanidine groups is 1. The molecular formula is C31H25N3O3. The predicted molar refractivity (Wildman–Crippen MR) is 143 cm³/mol. The van der Waals surface area contributed by atoms with E-state index in [1.54, 1.807) is 4.90 Å². The Morgan fingerprint density at radius 1 is 0.865 bits per heavy atom. The minimum atomic E-state index is -0.223. The lowest BCUT2D eigenvalue weighted by atomic mass is 9.99. The smallest absolute Gasteiger partial charge is 0.236 e. The zero-order chi connectivity index (χ0) is 24.8. The van der Waals surface area contributed by atoms with Crippen LogP contribution in [0.1, 0.15) is 29.2 Å². The van der Waals surface area contributed by atoms with Gasteiger partial charge in [-0.2, -0.15) is 0 Å². The molecule has 0 radical (unpaired) electrons. The summed E-state index contributed by atoms with van der Waals surface area (Å²) in [5.41, 5.74) is 4.13. The summed E-state index contributed by atoms with van der Waals surface area (Å²) in [6.45, 7) is 1.45. The maximum Gasteiger partial charge on any atom is 0.236 e. The first kappa shape index (κ1) is 21.7. The van der Waals surface area contributed by atoms with Gasteiger partial charge in [0.2, 0.25) is 18.7 Å². The Bertz CT molecular complexity index is 1580. The lowest BCUT2D eigenvalue weighted by Crippen LogP contribution is -2.41. The van der Waals surface area contributed by atoms with E-state index in [0.29, 0.717) is 25.5 Å². The van der Waals surface area contributed by atoms with Gasteiger partial charge in [-0.25, -0.2) is 4.99 Å². The minimum absolute atomic E-state index is 0.0681. The van der Waals surface area contributed by atoms with Gasteiger partial charge < -0.3 is 14.4 Å². The Morgan fingerprint density at radius 2 is 1.68 bits per heavy atom. The van der Waals surface area contributed by atoms with Crippen LogP contribution in [0.3, 0.4) is 0 Å². The van der Waals surface area contributed by atoms with E-state index in [-0.39, 0.29) is 18.7 Å². The molecule has 1 unspecified atom stereocenters. The van der Waals surface area contributed by atoms with E-state index in [4.69, 9.17) is 14.5 Å². The van der Waals surface area contributed by atoms with Gasteiger partial charge in [0.25, 0.3) is 0 Å². The van der Waals surface area contributed by atoms with Gasteiger partial charge in [0.1, 0.15) is 0 Å². The first-order valence-electron chi connectivity index (χ1n) is 12.5.